The number of phenolic OH excluding ortho intramolecular Hbond substituents is 2. The fourth-order valence-electron chi connectivity index (χ4n) is 19.0. The van der Waals surface area contributed by atoms with Gasteiger partial charge in [-0.2, -0.15) is 0 Å². The molecular weight excluding hydrogens is 1520 g/mol. The van der Waals surface area contributed by atoms with Crippen LogP contribution in [0.1, 0.15) is 152 Å². The summed E-state index contributed by atoms with van der Waals surface area (Å²) < 4.78 is 128. The Kier molecular flexibility index (Phi) is 23.9. The number of phenols is 2. The molecule has 0 spiro atoms. The predicted octanol–water partition coefficient (Wildman–Crippen LogP) is 18.3. The van der Waals surface area contributed by atoms with Crippen molar-refractivity contribution in [3.8, 4) is 57.1 Å². The Balaban J connectivity index is 1.18. The number of carbonyl (C=O) groups excluding carboxylic acids is 2. The first kappa shape index (κ1) is 87.3. The van der Waals surface area contributed by atoms with Gasteiger partial charge in [-0.15, -0.1) is 0 Å². The Morgan fingerprint density at radius 3 is 1.09 bits per heavy atom. The van der Waals surface area contributed by atoms with Crippen molar-refractivity contribution in [2.45, 2.75) is 281 Å². The van der Waals surface area contributed by atoms with Gasteiger partial charge in [0, 0.05) is 36.8 Å². The molecule has 6 aliphatic rings. The van der Waals surface area contributed by atoms with Crippen LogP contribution >= 0.6 is 0 Å². The van der Waals surface area contributed by atoms with E-state index in [0.29, 0.717) is 24.0 Å². The maximum absolute atomic E-state index is 17.8. The largest absolute Gasteiger partial charge is 0.506 e. The second-order valence-corrected chi connectivity index (χ2v) is 56.1. The van der Waals surface area contributed by atoms with E-state index in [1.165, 1.54) is 42.7 Å². The highest BCUT2D eigenvalue weighted by Gasteiger charge is 2.81. The molecule has 12 rings (SSSR count). The number of carbonyl (C=O) groups is 2. The van der Waals surface area contributed by atoms with Crippen LogP contribution in [-0.4, -0.2) is 182 Å². The molecule has 0 unspecified atom stereocenters. The average molecular weight is 1650 g/mol. The Bertz CT molecular complexity index is 4290. The minimum atomic E-state index is -2.98. The van der Waals surface area contributed by atoms with Gasteiger partial charge in [0.2, 0.25) is 11.6 Å². The van der Waals surface area contributed by atoms with E-state index in [0.717, 1.165) is 11.1 Å². The van der Waals surface area contributed by atoms with Gasteiger partial charge in [-0.1, -0.05) is 129 Å². The van der Waals surface area contributed by atoms with E-state index in [1.54, 1.807) is 0 Å². The fourth-order valence-corrected chi connectivity index (χ4v) is 24.4. The van der Waals surface area contributed by atoms with Gasteiger partial charge in [0.1, 0.15) is 58.6 Å². The number of hydrogen-bond acceptors (Lipinski definition) is 22. The molecule has 2 saturated carbocycles. The molecule has 4 aliphatic carbocycles. The number of Topliss-reactive ketones (excluding diaryl/α,β-unsaturated/α-hetero) is 2. The van der Waals surface area contributed by atoms with Crippen molar-refractivity contribution in [1.29, 1.82) is 0 Å². The molecule has 0 bridgehead atoms. The first-order valence-electron chi connectivity index (χ1n) is 40.4. The number of rotatable bonds is 29. The second-order valence-electron chi connectivity index (χ2n) is 37.8. The minimum Gasteiger partial charge on any atom is -0.506 e. The Hall–Kier alpha value is -6.03. The summed E-state index contributed by atoms with van der Waals surface area (Å²) in [7, 11) is -2.85. The molecule has 2 aliphatic heterocycles. The molecule has 2 N–H and O–H groups in total. The molecule has 0 amide bonds. The van der Waals surface area contributed by atoms with Crippen LogP contribution < -0.4 is 28.4 Å². The molecule has 0 aromatic heterocycles. The summed E-state index contributed by atoms with van der Waals surface area (Å²) in [5.74, 6) is -6.30. The lowest BCUT2D eigenvalue weighted by atomic mass is 9.54. The Labute approximate surface area is 678 Å². The van der Waals surface area contributed by atoms with Crippen LogP contribution in [0.3, 0.4) is 0 Å². The van der Waals surface area contributed by atoms with Crippen molar-refractivity contribution in [2.75, 3.05) is 56.2 Å². The van der Waals surface area contributed by atoms with Gasteiger partial charge in [-0.25, -0.2) is 0 Å². The van der Waals surface area contributed by atoms with Crippen molar-refractivity contribution in [3.63, 3.8) is 0 Å². The third kappa shape index (κ3) is 14.5. The summed E-state index contributed by atoms with van der Waals surface area (Å²) in [5.41, 5.74) is -4.25. The molecule has 6 aromatic carbocycles. The van der Waals surface area contributed by atoms with Crippen LogP contribution in [0.4, 0.5) is 0 Å². The van der Waals surface area contributed by atoms with Crippen LogP contribution in [0, 0.1) is 11.8 Å². The summed E-state index contributed by atoms with van der Waals surface area (Å²) in [5, 5.41) is 28.4. The topological polar surface area (TPSA) is 241 Å². The molecule has 4 fully saturated rings. The van der Waals surface area contributed by atoms with Crippen LogP contribution in [0.2, 0.25) is 75.5 Å². The zero-order chi connectivity index (χ0) is 83.6. The maximum atomic E-state index is 17.8. The van der Waals surface area contributed by atoms with E-state index in [4.69, 9.17) is 84.0 Å². The smallest absolute Gasteiger partial charge is 0.201 e. The highest BCUT2D eigenvalue weighted by atomic mass is 28.4. The lowest BCUT2D eigenvalue weighted by Gasteiger charge is -2.63. The van der Waals surface area contributed by atoms with Gasteiger partial charge in [0.25, 0.3) is 0 Å². The van der Waals surface area contributed by atoms with Crippen molar-refractivity contribution in [2.24, 2.45) is 11.8 Å². The molecule has 12 atom stereocenters. The van der Waals surface area contributed by atoms with Gasteiger partial charge >= 0.3 is 0 Å². The summed E-state index contributed by atoms with van der Waals surface area (Å²) in [6.45, 7) is 45.3. The summed E-state index contributed by atoms with van der Waals surface area (Å²) in [4.78, 5) is 35.6. The first-order chi connectivity index (χ1) is 53.3. The maximum Gasteiger partial charge on any atom is 0.201 e. The molecule has 2 saturated heterocycles. The summed E-state index contributed by atoms with van der Waals surface area (Å²) in [6, 6.07) is 23.6. The zero-order valence-electron chi connectivity index (χ0n) is 72.7. The normalized spacial score (nSPS) is 27.3. The van der Waals surface area contributed by atoms with Gasteiger partial charge in [-0.3, -0.25) is 9.59 Å². The van der Waals surface area contributed by atoms with E-state index in [-0.39, 0.29) is 127 Å². The van der Waals surface area contributed by atoms with Gasteiger partial charge in [0.05, 0.1) is 86.9 Å². The third-order valence-corrected chi connectivity index (χ3v) is 35.7. The van der Waals surface area contributed by atoms with E-state index in [2.05, 4.69) is 121 Å². The van der Waals surface area contributed by atoms with Crippen molar-refractivity contribution < 1.29 is 104 Å². The highest BCUT2D eigenvalue weighted by molar-refractivity contribution is 6.74. The number of fused-ring (bicyclic) bond motifs is 10. The average Bonchev–Trinajstić information content (AvgIpc) is 1.32. The molecule has 26 heteroatoms. The number of hydrogen-bond donors (Lipinski definition) is 2. The Morgan fingerprint density at radius 1 is 0.465 bits per heavy atom. The minimum absolute atomic E-state index is 0.0113. The molecule has 2 heterocycles. The quantitative estimate of drug-likeness (QED) is 0.0328. The SMILES string of the molecule is CCC[C@]12OC(C)(C)O[C@H]1[C@H](OCc1ccccc1)[C@@H](O[Si](C)(C)C(C)(C)C)[C@H]1Cc3cc4c(OC)c(OC)c(-c5c(OC)c(OC)c6cc7c(c(O)c6c5OCOC)C(=O)[C@]5(O[Si](C)(C)C)[C@H](C7)[C@H](O[Si](C)(C)C(C)(C)C)[C@@H](OCc6ccccc6)[C@@H]6OC(C)(C)O[C@@]65CCC)c(OCOC)c4c(O)c3C(=O)[C@]12O[Si](C)(C)C. The number of ketones is 2. The lowest BCUT2D eigenvalue weighted by Crippen LogP contribution is -2.81. The number of methoxy groups -OCH3 is 6. The lowest BCUT2D eigenvalue weighted by molar-refractivity contribution is -0.252. The first-order valence-corrected chi connectivity index (χ1v) is 53.0. The summed E-state index contributed by atoms with van der Waals surface area (Å²) in [6.07, 6.45) is -3.40. The highest BCUT2D eigenvalue weighted by Crippen LogP contribution is 2.69. The molecule has 0 radical (unpaired) electrons. The monoisotopic (exact) mass is 1650 g/mol. The van der Waals surface area contributed by atoms with Crippen molar-refractivity contribution in [3.05, 3.63) is 106 Å². The zero-order valence-corrected chi connectivity index (χ0v) is 76.7. The predicted molar refractivity (Wildman–Crippen MR) is 448 cm³/mol. The van der Waals surface area contributed by atoms with Crippen molar-refractivity contribution in [1.82, 2.24) is 0 Å². The van der Waals surface area contributed by atoms with Gasteiger partial charge < -0.3 is 94.2 Å². The van der Waals surface area contributed by atoms with Crippen LogP contribution in [-0.2, 0) is 81.7 Å². The molecular formula is C88H126O22Si4. The van der Waals surface area contributed by atoms with E-state index >= 15 is 9.59 Å². The fraction of sp³-hybridized carbons (Fsp3) is 0.614. The third-order valence-electron chi connectivity index (χ3n) is 24.9. The molecule has 6 aromatic rings. The van der Waals surface area contributed by atoms with Crippen LogP contribution in [0.15, 0.2) is 72.8 Å². The van der Waals surface area contributed by atoms with Crippen molar-refractivity contribution >= 4 is 66.4 Å². The molecule has 114 heavy (non-hydrogen) atoms. The molecule has 626 valence electrons. The number of ether oxygens (including phenoxy) is 14. The number of benzene rings is 6. The Morgan fingerprint density at radius 2 is 0.798 bits per heavy atom. The van der Waals surface area contributed by atoms with E-state index in [9.17, 15) is 10.2 Å². The van der Waals surface area contributed by atoms with E-state index in [1.807, 2.05) is 100 Å². The standard InChI is InChI=1S/C88H126O22Si4/c1-29-41-85-79(103-83(9,10)107-85)75(99-47-51-37-33-31-34-38-51)69(105-113(25,26)81(3,4)5)57-45-53-43-55-61(65(89)59(53)77(91)87(57,85)109-111(19,20)21)71(101-49-93-13)63(73(97-17)67(55)95-15)64-72(102-50-94-14)62-56(68(96-16)74(64)98-18)44-54-46-58-70(106-114(27,28)82(6,7)8)76(100-48-52-39-35-32-36-40-52)80-86(42-30-2,108-84(11,12)104-80)88(58,110-112(22,23)24)78(92)60(54)66(62)90/h31-40,43-44,57-58,69-70,75-76,79-80,89-90H,29-30,41-42,45-50H2,1-28H3/t57-,58-,69+,70+,75-,76-,79+,80+,85+,86+,87-,88-/m1/s1. The number of aromatic hydroxyl groups is 2. The molecule has 22 nitrogen and oxygen atoms in total. The van der Waals surface area contributed by atoms with E-state index < -0.39 is 152 Å². The van der Waals surface area contributed by atoms with Crippen LogP contribution in [0.25, 0.3) is 32.7 Å². The summed E-state index contributed by atoms with van der Waals surface area (Å²) >= 11 is 0. The van der Waals surface area contributed by atoms with Gasteiger partial charge in [-0.05, 0) is 163 Å². The second kappa shape index (κ2) is 31.3. The van der Waals surface area contributed by atoms with Crippen LogP contribution in [0.5, 0.6) is 46.0 Å². The van der Waals surface area contributed by atoms with Gasteiger partial charge in [0.15, 0.2) is 92.6 Å².